The van der Waals surface area contributed by atoms with Gasteiger partial charge in [-0.1, -0.05) is 6.92 Å². The van der Waals surface area contributed by atoms with Crippen LogP contribution in [0.15, 0.2) is 6.07 Å². The molecular formula is C12H22N4. The Morgan fingerprint density at radius 2 is 2.38 bits per heavy atom. The van der Waals surface area contributed by atoms with Crippen LogP contribution < -0.4 is 5.73 Å². The molecule has 1 aromatic rings. The Balaban J connectivity index is 1.99. The van der Waals surface area contributed by atoms with Gasteiger partial charge in [0.1, 0.15) is 0 Å². The Morgan fingerprint density at radius 3 is 3.00 bits per heavy atom. The van der Waals surface area contributed by atoms with E-state index in [0.29, 0.717) is 6.04 Å². The molecule has 1 aromatic heterocycles. The minimum Gasteiger partial charge on any atom is -0.327 e. The average Bonchev–Trinajstić information content (AvgIpc) is 2.60. The topological polar surface area (TPSA) is 47.1 Å². The number of hydrogen-bond donors (Lipinski definition) is 1. The molecule has 0 saturated carbocycles. The van der Waals surface area contributed by atoms with Gasteiger partial charge in [0.15, 0.2) is 0 Å². The van der Waals surface area contributed by atoms with E-state index in [1.807, 2.05) is 11.7 Å². The summed E-state index contributed by atoms with van der Waals surface area (Å²) in [6, 6.07) is 2.56. The number of piperidine rings is 1. The van der Waals surface area contributed by atoms with E-state index in [2.05, 4.69) is 23.0 Å². The normalized spacial score (nSPS) is 22.6. The zero-order valence-electron chi connectivity index (χ0n) is 10.3. The summed E-state index contributed by atoms with van der Waals surface area (Å²) in [5.74, 6) is 0. The standard InChI is InChI=1S/C12H22N4/c1-3-11-7-12(15(2)14-11)9-16-6-4-5-10(13)8-16/h7,10H,3-6,8-9,13H2,1-2H3. The Kier molecular flexibility index (Phi) is 3.61. The van der Waals surface area contributed by atoms with Crippen LogP contribution in [0.3, 0.4) is 0 Å². The number of aromatic nitrogens is 2. The number of rotatable bonds is 3. The number of aryl methyl sites for hydroxylation is 2. The van der Waals surface area contributed by atoms with E-state index < -0.39 is 0 Å². The lowest BCUT2D eigenvalue weighted by Crippen LogP contribution is -2.42. The van der Waals surface area contributed by atoms with E-state index in [1.54, 1.807) is 0 Å². The van der Waals surface area contributed by atoms with E-state index in [4.69, 9.17) is 5.73 Å². The van der Waals surface area contributed by atoms with Gasteiger partial charge in [-0.25, -0.2) is 0 Å². The van der Waals surface area contributed by atoms with E-state index in [-0.39, 0.29) is 0 Å². The van der Waals surface area contributed by atoms with Gasteiger partial charge in [0.2, 0.25) is 0 Å². The molecule has 0 aliphatic carbocycles. The maximum atomic E-state index is 5.98. The van der Waals surface area contributed by atoms with Crippen LogP contribution in [0.1, 0.15) is 31.2 Å². The number of likely N-dealkylation sites (tertiary alicyclic amines) is 1. The molecule has 1 fully saturated rings. The first-order chi connectivity index (χ1) is 7.69. The highest BCUT2D eigenvalue weighted by Crippen LogP contribution is 2.13. The summed E-state index contributed by atoms with van der Waals surface area (Å²) in [7, 11) is 2.03. The second-order valence-corrected chi connectivity index (χ2v) is 4.74. The lowest BCUT2D eigenvalue weighted by atomic mass is 10.1. The van der Waals surface area contributed by atoms with Crippen molar-refractivity contribution in [3.05, 3.63) is 17.5 Å². The van der Waals surface area contributed by atoms with Crippen molar-refractivity contribution in [2.45, 2.75) is 38.8 Å². The van der Waals surface area contributed by atoms with Crippen LogP contribution in [0.4, 0.5) is 0 Å². The van der Waals surface area contributed by atoms with Gasteiger partial charge in [-0.05, 0) is 31.9 Å². The first kappa shape index (κ1) is 11.6. The number of nitrogens with zero attached hydrogens (tertiary/aromatic N) is 3. The predicted octanol–water partition coefficient (Wildman–Crippen LogP) is 0.906. The number of nitrogens with two attached hydrogens (primary N) is 1. The monoisotopic (exact) mass is 222 g/mol. The van der Waals surface area contributed by atoms with Crippen molar-refractivity contribution < 1.29 is 0 Å². The van der Waals surface area contributed by atoms with Crippen molar-refractivity contribution in [1.82, 2.24) is 14.7 Å². The molecule has 1 saturated heterocycles. The molecule has 1 atom stereocenters. The first-order valence-electron chi connectivity index (χ1n) is 6.18. The van der Waals surface area contributed by atoms with Crippen molar-refractivity contribution in [3.8, 4) is 0 Å². The third-order valence-corrected chi connectivity index (χ3v) is 3.32. The summed E-state index contributed by atoms with van der Waals surface area (Å²) < 4.78 is 2.00. The van der Waals surface area contributed by atoms with Gasteiger partial charge >= 0.3 is 0 Å². The van der Waals surface area contributed by atoms with Crippen molar-refractivity contribution in [1.29, 1.82) is 0 Å². The molecule has 1 unspecified atom stereocenters. The molecule has 0 aromatic carbocycles. The van der Waals surface area contributed by atoms with Gasteiger partial charge in [-0.15, -0.1) is 0 Å². The van der Waals surface area contributed by atoms with Crippen LogP contribution in [0.25, 0.3) is 0 Å². The molecule has 1 aliphatic rings. The summed E-state index contributed by atoms with van der Waals surface area (Å²) in [6.07, 6.45) is 3.40. The van der Waals surface area contributed by atoms with E-state index in [9.17, 15) is 0 Å². The lowest BCUT2D eigenvalue weighted by molar-refractivity contribution is 0.197. The molecule has 0 spiro atoms. The second kappa shape index (κ2) is 4.97. The highest BCUT2D eigenvalue weighted by Gasteiger charge is 2.17. The summed E-state index contributed by atoms with van der Waals surface area (Å²) >= 11 is 0. The van der Waals surface area contributed by atoms with Crippen molar-refractivity contribution in [2.24, 2.45) is 12.8 Å². The minimum atomic E-state index is 0.354. The van der Waals surface area contributed by atoms with Gasteiger partial charge in [0.05, 0.1) is 11.4 Å². The zero-order valence-corrected chi connectivity index (χ0v) is 10.3. The molecule has 2 heterocycles. The minimum absolute atomic E-state index is 0.354. The molecule has 0 bridgehead atoms. The molecule has 16 heavy (non-hydrogen) atoms. The Bertz CT molecular complexity index is 345. The average molecular weight is 222 g/mol. The summed E-state index contributed by atoms with van der Waals surface area (Å²) in [4.78, 5) is 2.44. The fraction of sp³-hybridized carbons (Fsp3) is 0.750. The van der Waals surface area contributed by atoms with Crippen molar-refractivity contribution in [3.63, 3.8) is 0 Å². The molecule has 1 aliphatic heterocycles. The Morgan fingerprint density at radius 1 is 1.56 bits per heavy atom. The van der Waals surface area contributed by atoms with Crippen LogP contribution in [-0.2, 0) is 20.0 Å². The van der Waals surface area contributed by atoms with Crippen LogP contribution in [-0.4, -0.2) is 33.8 Å². The molecule has 90 valence electrons. The third-order valence-electron chi connectivity index (χ3n) is 3.32. The molecule has 4 heteroatoms. The summed E-state index contributed by atoms with van der Waals surface area (Å²) in [5.41, 5.74) is 8.46. The van der Waals surface area contributed by atoms with E-state index in [1.165, 1.54) is 30.8 Å². The molecule has 0 amide bonds. The van der Waals surface area contributed by atoms with Crippen molar-refractivity contribution >= 4 is 0 Å². The SMILES string of the molecule is CCc1cc(CN2CCCC(N)C2)n(C)n1. The summed E-state index contributed by atoms with van der Waals surface area (Å²) in [5, 5.41) is 4.47. The van der Waals surface area contributed by atoms with Crippen LogP contribution in [0.2, 0.25) is 0 Å². The zero-order chi connectivity index (χ0) is 11.5. The molecule has 0 radical (unpaired) electrons. The van der Waals surface area contributed by atoms with Gasteiger partial charge in [-0.2, -0.15) is 5.10 Å². The maximum absolute atomic E-state index is 5.98. The second-order valence-electron chi connectivity index (χ2n) is 4.74. The van der Waals surface area contributed by atoms with Crippen LogP contribution >= 0.6 is 0 Å². The van der Waals surface area contributed by atoms with Crippen LogP contribution in [0.5, 0.6) is 0 Å². The van der Waals surface area contributed by atoms with Gasteiger partial charge in [-0.3, -0.25) is 9.58 Å². The highest BCUT2D eigenvalue weighted by atomic mass is 15.3. The van der Waals surface area contributed by atoms with E-state index in [0.717, 1.165) is 19.5 Å². The molecule has 2 N–H and O–H groups in total. The summed E-state index contributed by atoms with van der Waals surface area (Å²) in [6.45, 7) is 5.31. The van der Waals surface area contributed by atoms with Gasteiger partial charge in [0.25, 0.3) is 0 Å². The maximum Gasteiger partial charge on any atom is 0.0625 e. The third kappa shape index (κ3) is 2.62. The molecule has 4 nitrogen and oxygen atoms in total. The van der Waals surface area contributed by atoms with Crippen LogP contribution in [0, 0.1) is 0 Å². The number of hydrogen-bond acceptors (Lipinski definition) is 3. The lowest BCUT2D eigenvalue weighted by Gasteiger charge is -2.30. The predicted molar refractivity (Wildman–Crippen MR) is 65.1 cm³/mol. The Hall–Kier alpha value is -0.870. The fourth-order valence-corrected chi connectivity index (χ4v) is 2.36. The smallest absolute Gasteiger partial charge is 0.0625 e. The molecule has 2 rings (SSSR count). The largest absolute Gasteiger partial charge is 0.327 e. The Labute approximate surface area is 97.4 Å². The first-order valence-corrected chi connectivity index (χ1v) is 6.18. The van der Waals surface area contributed by atoms with E-state index >= 15 is 0 Å². The quantitative estimate of drug-likeness (QED) is 0.827. The van der Waals surface area contributed by atoms with Crippen molar-refractivity contribution in [2.75, 3.05) is 13.1 Å². The molecular weight excluding hydrogens is 200 g/mol. The highest BCUT2D eigenvalue weighted by molar-refractivity contribution is 5.10. The fourth-order valence-electron chi connectivity index (χ4n) is 2.36. The van der Waals surface area contributed by atoms with Gasteiger partial charge < -0.3 is 5.73 Å². The van der Waals surface area contributed by atoms with Gasteiger partial charge in [0, 0.05) is 26.2 Å².